The number of aromatic nitrogens is 1. The van der Waals surface area contributed by atoms with Crippen LogP contribution in [0, 0.1) is 0 Å². The van der Waals surface area contributed by atoms with Gasteiger partial charge < -0.3 is 4.90 Å². The van der Waals surface area contributed by atoms with Gasteiger partial charge in [0, 0.05) is 37.1 Å². The van der Waals surface area contributed by atoms with Crippen molar-refractivity contribution in [1.82, 2.24) is 14.8 Å². The summed E-state index contributed by atoms with van der Waals surface area (Å²) in [7, 11) is 0. The van der Waals surface area contributed by atoms with Gasteiger partial charge in [-0.1, -0.05) is 0 Å². The summed E-state index contributed by atoms with van der Waals surface area (Å²) in [6.07, 6.45) is 7.11. The molecule has 3 heterocycles. The Kier molecular flexibility index (Phi) is 3.28. The van der Waals surface area contributed by atoms with Crippen molar-refractivity contribution < 1.29 is 4.79 Å². The van der Waals surface area contributed by atoms with Crippen molar-refractivity contribution in [2.24, 2.45) is 0 Å². The summed E-state index contributed by atoms with van der Waals surface area (Å²) < 4.78 is 0. The molecule has 4 nitrogen and oxygen atoms in total. The summed E-state index contributed by atoms with van der Waals surface area (Å²) >= 11 is 0. The fourth-order valence-corrected chi connectivity index (χ4v) is 3.01. The van der Waals surface area contributed by atoms with Crippen LogP contribution in [0.3, 0.4) is 0 Å². The molecule has 0 N–H and O–H groups in total. The lowest BCUT2D eigenvalue weighted by molar-refractivity contribution is 0.0780. The van der Waals surface area contributed by atoms with E-state index in [9.17, 15) is 4.79 Å². The lowest BCUT2D eigenvalue weighted by Crippen LogP contribution is -2.37. The maximum absolute atomic E-state index is 12.3. The Morgan fingerprint density at radius 2 is 1.89 bits per heavy atom. The van der Waals surface area contributed by atoms with Crippen LogP contribution in [0.15, 0.2) is 24.5 Å². The topological polar surface area (TPSA) is 36.4 Å². The Bertz CT molecular complexity index is 414. The minimum atomic E-state index is 0.152. The highest BCUT2D eigenvalue weighted by Gasteiger charge is 2.31. The normalized spacial score (nSPS) is 24.7. The minimum absolute atomic E-state index is 0.152. The monoisotopic (exact) mass is 245 g/mol. The zero-order valence-corrected chi connectivity index (χ0v) is 10.6. The van der Waals surface area contributed by atoms with Gasteiger partial charge in [0.05, 0.1) is 0 Å². The molecular weight excluding hydrogens is 226 g/mol. The van der Waals surface area contributed by atoms with Crippen molar-refractivity contribution in [3.8, 4) is 0 Å². The molecule has 1 atom stereocenters. The number of amides is 1. The second kappa shape index (κ2) is 5.06. The molecule has 2 aliphatic rings. The largest absolute Gasteiger partial charge is 0.337 e. The number of likely N-dealkylation sites (tertiary alicyclic amines) is 2. The van der Waals surface area contributed by atoms with Gasteiger partial charge in [-0.05, 0) is 44.5 Å². The lowest BCUT2D eigenvalue weighted by atomic mass is 10.2. The van der Waals surface area contributed by atoms with Gasteiger partial charge in [0.2, 0.25) is 0 Å². The number of pyridine rings is 1. The van der Waals surface area contributed by atoms with Crippen LogP contribution in [0.5, 0.6) is 0 Å². The summed E-state index contributed by atoms with van der Waals surface area (Å²) in [5.41, 5.74) is 0.757. The first-order valence-electron chi connectivity index (χ1n) is 6.78. The summed E-state index contributed by atoms with van der Waals surface area (Å²) in [5.74, 6) is 0.152. The Morgan fingerprint density at radius 1 is 1.17 bits per heavy atom. The first-order valence-corrected chi connectivity index (χ1v) is 6.78. The Balaban J connectivity index is 1.63. The summed E-state index contributed by atoms with van der Waals surface area (Å²) in [5, 5.41) is 0. The third kappa shape index (κ3) is 2.25. The fraction of sp³-hybridized carbons (Fsp3) is 0.571. The van der Waals surface area contributed by atoms with E-state index in [1.54, 1.807) is 24.5 Å². The molecule has 2 saturated heterocycles. The Labute approximate surface area is 108 Å². The highest BCUT2D eigenvalue weighted by molar-refractivity contribution is 5.94. The van der Waals surface area contributed by atoms with E-state index in [1.165, 1.54) is 25.9 Å². The van der Waals surface area contributed by atoms with E-state index >= 15 is 0 Å². The molecule has 0 spiro atoms. The number of hydrogen-bond donors (Lipinski definition) is 0. The van der Waals surface area contributed by atoms with Crippen LogP contribution in [0.1, 0.15) is 29.6 Å². The smallest absolute Gasteiger partial charge is 0.254 e. The lowest BCUT2D eigenvalue weighted by Gasteiger charge is -2.23. The first-order chi connectivity index (χ1) is 8.84. The van der Waals surface area contributed by atoms with E-state index in [2.05, 4.69) is 9.88 Å². The maximum atomic E-state index is 12.3. The van der Waals surface area contributed by atoms with E-state index < -0.39 is 0 Å². The molecule has 96 valence electrons. The van der Waals surface area contributed by atoms with Gasteiger partial charge in [-0.3, -0.25) is 14.7 Å². The van der Waals surface area contributed by atoms with Crippen molar-refractivity contribution >= 4 is 5.91 Å². The minimum Gasteiger partial charge on any atom is -0.337 e. The van der Waals surface area contributed by atoms with Gasteiger partial charge in [0.25, 0.3) is 5.91 Å². The summed E-state index contributed by atoms with van der Waals surface area (Å²) in [6, 6.07) is 4.18. The van der Waals surface area contributed by atoms with Crippen LogP contribution >= 0.6 is 0 Å². The number of nitrogens with zero attached hydrogens (tertiary/aromatic N) is 3. The maximum Gasteiger partial charge on any atom is 0.254 e. The van der Waals surface area contributed by atoms with Crippen LogP contribution < -0.4 is 0 Å². The molecule has 2 aliphatic heterocycles. The number of hydrogen-bond acceptors (Lipinski definition) is 3. The fourth-order valence-electron chi connectivity index (χ4n) is 3.01. The third-order valence-corrected chi connectivity index (χ3v) is 4.03. The van der Waals surface area contributed by atoms with Gasteiger partial charge in [-0.25, -0.2) is 0 Å². The number of rotatable bonds is 2. The molecule has 1 aromatic rings. The molecular formula is C14H19N3O. The quantitative estimate of drug-likeness (QED) is 0.790. The van der Waals surface area contributed by atoms with Crippen LogP contribution in [0.2, 0.25) is 0 Å². The van der Waals surface area contributed by atoms with Crippen LogP contribution in [0.4, 0.5) is 0 Å². The molecule has 0 radical (unpaired) electrons. The van der Waals surface area contributed by atoms with E-state index in [4.69, 9.17) is 0 Å². The summed E-state index contributed by atoms with van der Waals surface area (Å²) in [6.45, 7) is 4.20. The van der Waals surface area contributed by atoms with Crippen molar-refractivity contribution in [3.05, 3.63) is 30.1 Å². The molecule has 0 saturated carbocycles. The van der Waals surface area contributed by atoms with E-state index in [0.29, 0.717) is 6.04 Å². The molecule has 0 bridgehead atoms. The van der Waals surface area contributed by atoms with Crippen molar-refractivity contribution in [3.63, 3.8) is 0 Å². The number of carbonyl (C=O) groups is 1. The summed E-state index contributed by atoms with van der Waals surface area (Å²) in [4.78, 5) is 20.8. The van der Waals surface area contributed by atoms with Crippen LogP contribution in [0.25, 0.3) is 0 Å². The SMILES string of the molecule is O=C(c1ccncc1)N1CC[C@@H](N2CCCC2)C1. The van der Waals surface area contributed by atoms with E-state index in [-0.39, 0.29) is 5.91 Å². The molecule has 3 rings (SSSR count). The Hall–Kier alpha value is -1.42. The zero-order valence-electron chi connectivity index (χ0n) is 10.6. The van der Waals surface area contributed by atoms with Gasteiger partial charge in [-0.15, -0.1) is 0 Å². The average molecular weight is 245 g/mol. The Morgan fingerprint density at radius 3 is 2.61 bits per heavy atom. The van der Waals surface area contributed by atoms with Crippen molar-refractivity contribution in [2.45, 2.75) is 25.3 Å². The van der Waals surface area contributed by atoms with Crippen molar-refractivity contribution in [1.29, 1.82) is 0 Å². The predicted molar refractivity (Wildman–Crippen MR) is 69.4 cm³/mol. The highest BCUT2D eigenvalue weighted by atomic mass is 16.2. The highest BCUT2D eigenvalue weighted by Crippen LogP contribution is 2.21. The van der Waals surface area contributed by atoms with Gasteiger partial charge in [0.15, 0.2) is 0 Å². The van der Waals surface area contributed by atoms with Gasteiger partial charge in [0.1, 0.15) is 0 Å². The van der Waals surface area contributed by atoms with Crippen LogP contribution in [-0.2, 0) is 0 Å². The molecule has 18 heavy (non-hydrogen) atoms. The first kappa shape index (κ1) is 11.7. The molecule has 0 unspecified atom stereocenters. The van der Waals surface area contributed by atoms with Crippen LogP contribution in [-0.4, -0.2) is 52.9 Å². The van der Waals surface area contributed by atoms with Gasteiger partial charge >= 0.3 is 0 Å². The molecule has 0 aromatic carbocycles. The number of carbonyl (C=O) groups excluding carboxylic acids is 1. The standard InChI is InChI=1S/C14H19N3O/c18-14(12-3-6-15-7-4-12)17-10-5-13(11-17)16-8-1-2-9-16/h3-4,6-7,13H,1-2,5,8-11H2/t13-/m1/s1. The van der Waals surface area contributed by atoms with E-state index in [1.807, 2.05) is 4.90 Å². The second-order valence-electron chi connectivity index (χ2n) is 5.17. The molecule has 0 aliphatic carbocycles. The molecule has 1 amide bonds. The zero-order chi connectivity index (χ0) is 12.4. The van der Waals surface area contributed by atoms with E-state index in [0.717, 1.165) is 25.1 Å². The predicted octanol–water partition coefficient (Wildman–Crippen LogP) is 1.39. The molecule has 4 heteroatoms. The molecule has 1 aromatic heterocycles. The van der Waals surface area contributed by atoms with Gasteiger partial charge in [-0.2, -0.15) is 0 Å². The average Bonchev–Trinajstić information content (AvgIpc) is 3.09. The second-order valence-corrected chi connectivity index (χ2v) is 5.17. The third-order valence-electron chi connectivity index (χ3n) is 4.03. The van der Waals surface area contributed by atoms with Crippen molar-refractivity contribution in [2.75, 3.05) is 26.2 Å². The molecule has 2 fully saturated rings.